The monoisotopic (exact) mass is 319 g/mol. The van der Waals surface area contributed by atoms with Crippen LogP contribution in [0, 0.1) is 0 Å². The summed E-state index contributed by atoms with van der Waals surface area (Å²) in [5.74, 6) is 0. The molecule has 0 amide bonds. The highest BCUT2D eigenvalue weighted by atomic mass is 14.7. The van der Waals surface area contributed by atoms with Crippen molar-refractivity contribution in [3.63, 3.8) is 0 Å². The van der Waals surface area contributed by atoms with Gasteiger partial charge >= 0.3 is 0 Å². The van der Waals surface area contributed by atoms with Gasteiger partial charge in [-0.3, -0.25) is 4.98 Å². The topological polar surface area (TPSA) is 12.9 Å². The molecule has 0 unspecified atom stereocenters. The molecule has 3 aromatic carbocycles. The van der Waals surface area contributed by atoms with Gasteiger partial charge in [-0.05, 0) is 27.8 Å². The Labute approximate surface area is 147 Å². The molecule has 0 saturated carbocycles. The molecule has 0 atom stereocenters. The van der Waals surface area contributed by atoms with Crippen molar-refractivity contribution in [3.05, 3.63) is 102 Å². The minimum Gasteiger partial charge on any atom is -0.255 e. The van der Waals surface area contributed by atoms with Crippen molar-refractivity contribution in [1.29, 1.82) is 0 Å². The number of hydrogen-bond donors (Lipinski definition) is 0. The van der Waals surface area contributed by atoms with E-state index >= 15 is 0 Å². The zero-order chi connectivity index (χ0) is 16.6. The zero-order valence-electron chi connectivity index (χ0n) is 13.8. The molecule has 1 aliphatic rings. The van der Waals surface area contributed by atoms with E-state index in [0.29, 0.717) is 0 Å². The summed E-state index contributed by atoms with van der Waals surface area (Å²) in [5.41, 5.74) is 10.1. The molecule has 5 rings (SSSR count). The van der Waals surface area contributed by atoms with Crippen LogP contribution in [0.25, 0.3) is 33.5 Å². The summed E-state index contributed by atoms with van der Waals surface area (Å²) in [7, 11) is 0. The number of hydrogen-bond acceptors (Lipinski definition) is 1. The Morgan fingerprint density at radius 3 is 2.00 bits per heavy atom. The van der Waals surface area contributed by atoms with Crippen LogP contribution in [0.4, 0.5) is 0 Å². The number of pyridine rings is 1. The number of aromatic nitrogens is 1. The van der Waals surface area contributed by atoms with Crippen LogP contribution >= 0.6 is 0 Å². The smallest absolute Gasteiger partial charge is 0.0746 e. The normalized spacial score (nSPS) is 11.8. The van der Waals surface area contributed by atoms with Crippen molar-refractivity contribution in [1.82, 2.24) is 4.98 Å². The fourth-order valence-electron chi connectivity index (χ4n) is 3.82. The third kappa shape index (κ3) is 2.28. The summed E-state index contributed by atoms with van der Waals surface area (Å²) in [6.45, 7) is 0. The molecule has 0 aliphatic heterocycles. The van der Waals surface area contributed by atoms with Crippen molar-refractivity contribution in [2.75, 3.05) is 0 Å². The van der Waals surface area contributed by atoms with Gasteiger partial charge in [-0.1, -0.05) is 84.9 Å². The molecule has 118 valence electrons. The SMILES string of the molecule is c1ccc(-c2cnc3c(c2-c2ccccc2)Cc2ccccc2-3)cc1. The van der Waals surface area contributed by atoms with E-state index in [1.54, 1.807) is 0 Å². The second-order valence-corrected chi connectivity index (χ2v) is 6.44. The third-order valence-corrected chi connectivity index (χ3v) is 4.97. The Morgan fingerprint density at radius 1 is 0.600 bits per heavy atom. The Hall–Kier alpha value is -3.19. The summed E-state index contributed by atoms with van der Waals surface area (Å²) in [4.78, 5) is 4.86. The maximum Gasteiger partial charge on any atom is 0.0746 e. The highest BCUT2D eigenvalue weighted by Crippen LogP contribution is 2.44. The number of nitrogens with zero attached hydrogens (tertiary/aromatic N) is 1. The van der Waals surface area contributed by atoms with E-state index in [1.165, 1.54) is 38.9 Å². The van der Waals surface area contributed by atoms with Gasteiger partial charge in [-0.2, -0.15) is 0 Å². The van der Waals surface area contributed by atoms with E-state index < -0.39 is 0 Å². The van der Waals surface area contributed by atoms with Crippen molar-refractivity contribution < 1.29 is 0 Å². The first kappa shape index (κ1) is 14.2. The molecule has 0 bridgehead atoms. The highest BCUT2D eigenvalue weighted by Gasteiger charge is 2.25. The molecule has 0 N–H and O–H groups in total. The largest absolute Gasteiger partial charge is 0.255 e. The summed E-state index contributed by atoms with van der Waals surface area (Å²) in [5, 5.41) is 0. The van der Waals surface area contributed by atoms with Crippen LogP contribution in [-0.4, -0.2) is 4.98 Å². The Bertz CT molecular complexity index is 1050. The first-order valence-corrected chi connectivity index (χ1v) is 8.63. The summed E-state index contributed by atoms with van der Waals surface area (Å²) in [6.07, 6.45) is 2.99. The zero-order valence-corrected chi connectivity index (χ0v) is 13.8. The molecule has 4 aromatic rings. The Balaban J connectivity index is 1.82. The maximum absolute atomic E-state index is 4.86. The van der Waals surface area contributed by atoms with E-state index in [0.717, 1.165) is 12.1 Å². The predicted octanol–water partition coefficient (Wildman–Crippen LogP) is 5.99. The standard InChI is InChI=1S/C24H17N/c1-3-9-17(10-4-1)22-16-25-24-20-14-8-7-13-19(20)15-21(24)23(22)18-11-5-2-6-12-18/h1-14,16H,15H2. The molecule has 0 spiro atoms. The first-order chi connectivity index (χ1) is 12.4. The molecule has 25 heavy (non-hydrogen) atoms. The second kappa shape index (κ2) is 5.71. The highest BCUT2D eigenvalue weighted by molar-refractivity contribution is 5.91. The van der Waals surface area contributed by atoms with Crippen LogP contribution in [-0.2, 0) is 6.42 Å². The van der Waals surface area contributed by atoms with Crippen LogP contribution in [0.5, 0.6) is 0 Å². The molecule has 1 nitrogen and oxygen atoms in total. The number of benzene rings is 3. The van der Waals surface area contributed by atoms with E-state index in [9.17, 15) is 0 Å². The van der Waals surface area contributed by atoms with E-state index in [-0.39, 0.29) is 0 Å². The van der Waals surface area contributed by atoms with Gasteiger partial charge in [0.05, 0.1) is 5.69 Å². The van der Waals surface area contributed by atoms with Crippen molar-refractivity contribution >= 4 is 0 Å². The molecule has 1 aromatic heterocycles. The summed E-state index contributed by atoms with van der Waals surface area (Å²) >= 11 is 0. The fourth-order valence-corrected chi connectivity index (χ4v) is 3.82. The third-order valence-electron chi connectivity index (χ3n) is 4.97. The summed E-state index contributed by atoms with van der Waals surface area (Å²) in [6, 6.07) is 29.9. The molecular weight excluding hydrogens is 302 g/mol. The molecule has 1 heteroatoms. The van der Waals surface area contributed by atoms with Crippen LogP contribution < -0.4 is 0 Å². The average molecular weight is 319 g/mol. The maximum atomic E-state index is 4.86. The van der Waals surface area contributed by atoms with Gasteiger partial charge < -0.3 is 0 Å². The van der Waals surface area contributed by atoms with Gasteiger partial charge in [0, 0.05) is 23.7 Å². The van der Waals surface area contributed by atoms with Gasteiger partial charge in [0.25, 0.3) is 0 Å². The van der Waals surface area contributed by atoms with Gasteiger partial charge in [0.15, 0.2) is 0 Å². The van der Waals surface area contributed by atoms with Crippen molar-refractivity contribution in [2.45, 2.75) is 6.42 Å². The van der Waals surface area contributed by atoms with Crippen LogP contribution in [0.1, 0.15) is 11.1 Å². The van der Waals surface area contributed by atoms with Crippen LogP contribution in [0.2, 0.25) is 0 Å². The summed E-state index contributed by atoms with van der Waals surface area (Å²) < 4.78 is 0. The lowest BCUT2D eigenvalue weighted by Crippen LogP contribution is -1.95. The molecule has 1 heterocycles. The minimum atomic E-state index is 0.948. The van der Waals surface area contributed by atoms with Gasteiger partial charge in [-0.25, -0.2) is 0 Å². The fraction of sp³-hybridized carbons (Fsp3) is 0.0417. The van der Waals surface area contributed by atoms with E-state index in [1.807, 2.05) is 6.20 Å². The number of rotatable bonds is 2. The molecule has 0 saturated heterocycles. The van der Waals surface area contributed by atoms with Crippen molar-refractivity contribution in [3.8, 4) is 33.5 Å². The van der Waals surface area contributed by atoms with E-state index in [4.69, 9.17) is 4.98 Å². The minimum absolute atomic E-state index is 0.948. The lowest BCUT2D eigenvalue weighted by Gasteiger charge is -2.15. The van der Waals surface area contributed by atoms with Gasteiger partial charge in [0.2, 0.25) is 0 Å². The van der Waals surface area contributed by atoms with Gasteiger partial charge in [-0.15, -0.1) is 0 Å². The predicted molar refractivity (Wildman–Crippen MR) is 103 cm³/mol. The Kier molecular flexibility index (Phi) is 3.24. The van der Waals surface area contributed by atoms with Gasteiger partial charge in [0.1, 0.15) is 0 Å². The van der Waals surface area contributed by atoms with Crippen LogP contribution in [0.3, 0.4) is 0 Å². The average Bonchev–Trinajstić information content (AvgIpc) is 3.07. The molecule has 0 fully saturated rings. The number of fused-ring (bicyclic) bond motifs is 3. The first-order valence-electron chi connectivity index (χ1n) is 8.63. The molecule has 1 aliphatic carbocycles. The lowest BCUT2D eigenvalue weighted by atomic mass is 9.91. The lowest BCUT2D eigenvalue weighted by molar-refractivity contribution is 1.23. The van der Waals surface area contributed by atoms with Crippen molar-refractivity contribution in [2.24, 2.45) is 0 Å². The van der Waals surface area contributed by atoms with E-state index in [2.05, 4.69) is 84.9 Å². The second-order valence-electron chi connectivity index (χ2n) is 6.44. The molecular formula is C24H17N. The molecule has 0 radical (unpaired) electrons. The van der Waals surface area contributed by atoms with Crippen LogP contribution in [0.15, 0.2) is 91.1 Å². The Morgan fingerprint density at radius 2 is 1.24 bits per heavy atom. The quantitative estimate of drug-likeness (QED) is 0.389.